The van der Waals surface area contributed by atoms with Crippen LogP contribution in [0.25, 0.3) is 0 Å². The molecule has 0 atom stereocenters. The van der Waals surface area contributed by atoms with Gasteiger partial charge in [0.1, 0.15) is 6.61 Å². The summed E-state index contributed by atoms with van der Waals surface area (Å²) in [5.74, 6) is -0.888. The molecule has 1 N–H and O–H groups in total. The third kappa shape index (κ3) is 22.7. The topological polar surface area (TPSA) is 46.5 Å². The summed E-state index contributed by atoms with van der Waals surface area (Å²) in [6, 6.07) is 0. The second-order valence-electron chi connectivity index (χ2n) is 2.51. The fraction of sp³-hybridized carbons (Fsp3) is 0.800. The number of carbonyl (C=O) groups is 1. The summed E-state index contributed by atoms with van der Waals surface area (Å²) >= 11 is 0. The van der Waals surface area contributed by atoms with Crippen molar-refractivity contribution in [2.24, 2.45) is 0 Å². The first-order chi connectivity index (χ1) is 6.27. The molecule has 14 heavy (non-hydrogen) atoms. The molecule has 0 radical (unpaired) electrons. The monoisotopic (exact) mass is 196 g/mol. The fourth-order valence-corrected chi connectivity index (χ4v) is 0.790. The Bertz CT molecular complexity index is 108. The maximum Gasteiger partial charge on any atom is 1.00 e. The van der Waals surface area contributed by atoms with Gasteiger partial charge >= 0.3 is 24.8 Å². The van der Waals surface area contributed by atoms with Gasteiger partial charge in [0.15, 0.2) is 0 Å². The molecule has 4 heteroatoms. The van der Waals surface area contributed by atoms with Crippen molar-refractivity contribution in [1.82, 2.24) is 0 Å². The molecule has 0 aromatic carbocycles. The molecule has 0 aromatic heterocycles. The minimum absolute atomic E-state index is 0. The van der Waals surface area contributed by atoms with Crippen molar-refractivity contribution in [2.75, 3.05) is 13.2 Å². The Hall–Kier alpha value is 0.0274. The van der Waals surface area contributed by atoms with E-state index in [4.69, 9.17) is 9.84 Å². The summed E-state index contributed by atoms with van der Waals surface area (Å²) in [7, 11) is 0. The van der Waals surface area contributed by atoms with Gasteiger partial charge in [-0.05, 0) is 6.42 Å². The number of hydrogen-bond donors (Lipinski definition) is 1. The third-order valence-corrected chi connectivity index (χ3v) is 1.37. The van der Waals surface area contributed by atoms with Gasteiger partial charge in [-0.3, -0.25) is 0 Å². The Morgan fingerprint density at radius 2 is 1.86 bits per heavy atom. The molecule has 0 heterocycles. The molecule has 0 fully saturated rings. The zero-order valence-corrected chi connectivity index (χ0v) is 9.71. The first-order valence-corrected chi connectivity index (χ1v) is 4.77. The molecule has 0 aliphatic heterocycles. The van der Waals surface area contributed by atoms with E-state index in [2.05, 4.69) is 13.8 Å². The van der Waals surface area contributed by atoms with Crippen LogP contribution in [0, 0.1) is 6.92 Å². The van der Waals surface area contributed by atoms with Gasteiger partial charge < -0.3 is 16.8 Å². The van der Waals surface area contributed by atoms with Gasteiger partial charge in [-0.25, -0.2) is 4.79 Å². The second-order valence-corrected chi connectivity index (χ2v) is 2.51. The van der Waals surface area contributed by atoms with Crippen LogP contribution in [0.15, 0.2) is 0 Å². The summed E-state index contributed by atoms with van der Waals surface area (Å²) in [6.45, 7) is 7.55. The van der Waals surface area contributed by atoms with E-state index in [-0.39, 0.29) is 25.5 Å². The second kappa shape index (κ2) is 18.7. The normalized spacial score (nSPS) is 8.21. The molecule has 3 nitrogen and oxygen atoms in total. The van der Waals surface area contributed by atoms with Crippen LogP contribution in [0.3, 0.4) is 0 Å². The van der Waals surface area contributed by atoms with Gasteiger partial charge in [-0.2, -0.15) is 6.92 Å². The first-order valence-electron chi connectivity index (χ1n) is 4.77. The van der Waals surface area contributed by atoms with Gasteiger partial charge in [0.05, 0.1) is 0 Å². The molecular weight excluding hydrogens is 175 g/mol. The molecule has 0 saturated carbocycles. The SMILES string of the molecule is CCCCCCOCC(=O)O.[CH2-]C.[Li+]. The molecule has 0 aliphatic carbocycles. The average molecular weight is 196 g/mol. The van der Waals surface area contributed by atoms with Gasteiger partial charge in [0.2, 0.25) is 0 Å². The molecule has 80 valence electrons. The van der Waals surface area contributed by atoms with Crippen molar-refractivity contribution in [3.63, 3.8) is 0 Å². The zero-order valence-electron chi connectivity index (χ0n) is 9.71. The van der Waals surface area contributed by atoms with Crippen molar-refractivity contribution in [3.8, 4) is 0 Å². The smallest absolute Gasteiger partial charge is 0.480 e. The van der Waals surface area contributed by atoms with E-state index in [0.717, 1.165) is 12.8 Å². The van der Waals surface area contributed by atoms with E-state index in [1.807, 2.05) is 0 Å². The van der Waals surface area contributed by atoms with Crippen molar-refractivity contribution in [1.29, 1.82) is 0 Å². The van der Waals surface area contributed by atoms with Gasteiger partial charge in [0.25, 0.3) is 0 Å². The van der Waals surface area contributed by atoms with E-state index >= 15 is 0 Å². The zero-order chi connectivity index (χ0) is 10.5. The number of unbranched alkanes of at least 4 members (excludes halogenated alkanes) is 3. The fourth-order valence-electron chi connectivity index (χ4n) is 0.790. The van der Waals surface area contributed by atoms with E-state index < -0.39 is 5.97 Å². The van der Waals surface area contributed by atoms with E-state index in [9.17, 15) is 4.79 Å². The number of hydrogen-bond acceptors (Lipinski definition) is 2. The average Bonchev–Trinajstić information content (AvgIpc) is 2.14. The van der Waals surface area contributed by atoms with Crippen molar-refractivity contribution in [2.45, 2.75) is 39.5 Å². The Morgan fingerprint density at radius 1 is 1.29 bits per heavy atom. The Balaban J connectivity index is -0.000000376. The third-order valence-electron chi connectivity index (χ3n) is 1.37. The summed E-state index contributed by atoms with van der Waals surface area (Å²) in [4.78, 5) is 9.96. The standard InChI is InChI=1S/C8H16O3.C2H5.Li/c1-2-3-4-5-6-11-7-8(9)10;1-2;/h2-7H2,1H3,(H,9,10);1H2,2H3;/q;-1;+1. The Kier molecular flexibility index (Phi) is 26.2. The van der Waals surface area contributed by atoms with Crippen molar-refractivity contribution in [3.05, 3.63) is 6.92 Å². The predicted octanol–water partition coefficient (Wildman–Crippen LogP) is -0.488. The number of rotatable bonds is 7. The van der Waals surface area contributed by atoms with Crippen molar-refractivity contribution < 1.29 is 33.5 Å². The van der Waals surface area contributed by atoms with Crippen LogP contribution in [0.1, 0.15) is 39.5 Å². The molecule has 0 aliphatic rings. The van der Waals surface area contributed by atoms with Crippen LogP contribution in [-0.4, -0.2) is 24.3 Å². The number of aliphatic carboxylic acids is 1. The number of ether oxygens (including phenoxy) is 1. The summed E-state index contributed by atoms with van der Waals surface area (Å²) < 4.78 is 4.84. The molecule has 0 bridgehead atoms. The molecule has 0 rings (SSSR count). The Labute approximate surface area is 99.4 Å². The van der Waals surface area contributed by atoms with Gasteiger partial charge in [-0.1, -0.05) is 26.2 Å². The molecule has 0 aromatic rings. The van der Waals surface area contributed by atoms with Crippen LogP contribution in [0.5, 0.6) is 0 Å². The molecular formula is C10H21LiO3. The van der Waals surface area contributed by atoms with Gasteiger partial charge in [-0.15, -0.1) is 0 Å². The number of carboxylic acids is 1. The van der Waals surface area contributed by atoms with Crippen molar-refractivity contribution >= 4 is 5.97 Å². The van der Waals surface area contributed by atoms with Crippen LogP contribution in [0.4, 0.5) is 0 Å². The maximum absolute atomic E-state index is 9.96. The summed E-state index contributed by atoms with van der Waals surface area (Å²) in [5.41, 5.74) is 0. The van der Waals surface area contributed by atoms with Crippen LogP contribution < -0.4 is 18.9 Å². The molecule has 0 amide bonds. The summed E-state index contributed by atoms with van der Waals surface area (Å²) in [5, 5.41) is 8.19. The maximum atomic E-state index is 9.96. The van der Waals surface area contributed by atoms with Crippen LogP contribution in [-0.2, 0) is 9.53 Å². The van der Waals surface area contributed by atoms with E-state index in [1.165, 1.54) is 12.8 Å². The van der Waals surface area contributed by atoms with Gasteiger partial charge in [0, 0.05) is 6.61 Å². The molecule has 0 unspecified atom stereocenters. The van der Waals surface area contributed by atoms with Crippen LogP contribution >= 0.6 is 0 Å². The quantitative estimate of drug-likeness (QED) is 0.339. The minimum atomic E-state index is -0.888. The van der Waals surface area contributed by atoms with E-state index in [0.29, 0.717) is 6.61 Å². The first kappa shape index (κ1) is 19.6. The van der Waals surface area contributed by atoms with E-state index in [1.54, 1.807) is 6.92 Å². The predicted molar refractivity (Wildman–Crippen MR) is 53.6 cm³/mol. The molecule has 0 saturated heterocycles. The largest absolute Gasteiger partial charge is 1.00 e. The summed E-state index contributed by atoms with van der Waals surface area (Å²) in [6.07, 6.45) is 4.51. The minimum Gasteiger partial charge on any atom is -0.480 e. The van der Waals surface area contributed by atoms with Crippen LogP contribution in [0.2, 0.25) is 0 Å². The number of carboxylic acid groups (broad SMARTS) is 1. The Morgan fingerprint density at radius 3 is 2.29 bits per heavy atom. The molecule has 0 spiro atoms.